The van der Waals surface area contributed by atoms with E-state index in [1.807, 2.05) is 18.2 Å². The summed E-state index contributed by atoms with van der Waals surface area (Å²) in [6, 6.07) is 8.10. The van der Waals surface area contributed by atoms with Crippen molar-refractivity contribution in [1.82, 2.24) is 5.32 Å². The van der Waals surface area contributed by atoms with Gasteiger partial charge in [0.25, 0.3) is 0 Å². The minimum Gasteiger partial charge on any atom is -0.383 e. The first-order valence-corrected chi connectivity index (χ1v) is 6.35. The highest BCUT2D eigenvalue weighted by Gasteiger charge is 2.03. The summed E-state index contributed by atoms with van der Waals surface area (Å²) in [4.78, 5) is 11.5. The molecule has 0 aliphatic heterocycles. The van der Waals surface area contributed by atoms with E-state index >= 15 is 0 Å². The van der Waals surface area contributed by atoms with Crippen LogP contribution in [0.4, 0.5) is 5.69 Å². The molecule has 1 rings (SSSR count). The predicted molar refractivity (Wildman–Crippen MR) is 73.8 cm³/mol. The number of carbonyl (C=O) groups excluding carboxylic acids is 1. The zero-order valence-electron chi connectivity index (χ0n) is 11.2. The number of carbonyl (C=O) groups is 1. The summed E-state index contributed by atoms with van der Waals surface area (Å²) in [5.41, 5.74) is 2.30. The van der Waals surface area contributed by atoms with E-state index in [4.69, 9.17) is 4.74 Å². The molecular formula is C14H22N2O2. The lowest BCUT2D eigenvalue weighted by atomic mass is 10.1. The van der Waals surface area contributed by atoms with Gasteiger partial charge in [-0.05, 0) is 18.1 Å². The van der Waals surface area contributed by atoms with Crippen LogP contribution in [0.3, 0.4) is 0 Å². The molecule has 0 spiro atoms. The molecule has 1 aromatic rings. The van der Waals surface area contributed by atoms with Gasteiger partial charge in [0.2, 0.25) is 5.91 Å². The van der Waals surface area contributed by atoms with Gasteiger partial charge in [0.1, 0.15) is 0 Å². The fraction of sp³-hybridized carbons (Fsp3) is 0.500. The average Bonchev–Trinajstić information content (AvgIpc) is 2.38. The molecule has 100 valence electrons. The SMILES string of the molecule is CCCc1ccccc1NCC(=O)NCCOC. The maximum atomic E-state index is 11.5. The zero-order chi connectivity index (χ0) is 13.2. The second-order valence-corrected chi connectivity index (χ2v) is 4.10. The van der Waals surface area contributed by atoms with Gasteiger partial charge in [-0.1, -0.05) is 31.5 Å². The van der Waals surface area contributed by atoms with Crippen LogP contribution < -0.4 is 10.6 Å². The van der Waals surface area contributed by atoms with E-state index in [0.717, 1.165) is 18.5 Å². The van der Waals surface area contributed by atoms with Crippen LogP contribution in [0.25, 0.3) is 0 Å². The van der Waals surface area contributed by atoms with Crippen LogP contribution >= 0.6 is 0 Å². The van der Waals surface area contributed by atoms with Gasteiger partial charge in [0.05, 0.1) is 13.2 Å². The Morgan fingerprint density at radius 1 is 1.33 bits per heavy atom. The smallest absolute Gasteiger partial charge is 0.239 e. The van der Waals surface area contributed by atoms with Crippen molar-refractivity contribution in [3.8, 4) is 0 Å². The number of hydrogen-bond acceptors (Lipinski definition) is 3. The first-order valence-electron chi connectivity index (χ1n) is 6.35. The Morgan fingerprint density at radius 2 is 2.11 bits per heavy atom. The third kappa shape index (κ3) is 5.19. The topological polar surface area (TPSA) is 50.4 Å². The molecule has 1 aromatic carbocycles. The van der Waals surface area contributed by atoms with Gasteiger partial charge in [-0.25, -0.2) is 0 Å². The summed E-state index contributed by atoms with van der Waals surface area (Å²) in [5.74, 6) is -0.0154. The van der Waals surface area contributed by atoms with Gasteiger partial charge in [-0.2, -0.15) is 0 Å². The highest BCUT2D eigenvalue weighted by Crippen LogP contribution is 2.16. The van der Waals surface area contributed by atoms with Crippen molar-refractivity contribution in [3.05, 3.63) is 29.8 Å². The molecular weight excluding hydrogens is 228 g/mol. The van der Waals surface area contributed by atoms with Crippen LogP contribution in [-0.2, 0) is 16.0 Å². The number of hydrogen-bond donors (Lipinski definition) is 2. The van der Waals surface area contributed by atoms with Gasteiger partial charge < -0.3 is 15.4 Å². The highest BCUT2D eigenvalue weighted by molar-refractivity contribution is 5.80. The molecule has 2 N–H and O–H groups in total. The van der Waals surface area contributed by atoms with Crippen molar-refractivity contribution >= 4 is 11.6 Å². The molecule has 1 amide bonds. The molecule has 18 heavy (non-hydrogen) atoms. The fourth-order valence-corrected chi connectivity index (χ4v) is 1.71. The predicted octanol–water partition coefficient (Wildman–Crippen LogP) is 1.81. The molecule has 0 unspecified atom stereocenters. The van der Waals surface area contributed by atoms with Crippen molar-refractivity contribution in [2.24, 2.45) is 0 Å². The highest BCUT2D eigenvalue weighted by atomic mass is 16.5. The quantitative estimate of drug-likeness (QED) is 0.692. The van der Waals surface area contributed by atoms with Crippen LogP contribution in [-0.4, -0.2) is 32.7 Å². The third-order valence-corrected chi connectivity index (χ3v) is 2.60. The zero-order valence-corrected chi connectivity index (χ0v) is 11.2. The largest absolute Gasteiger partial charge is 0.383 e. The molecule has 0 aliphatic rings. The van der Waals surface area contributed by atoms with Crippen LogP contribution in [0, 0.1) is 0 Å². The fourth-order valence-electron chi connectivity index (χ4n) is 1.71. The van der Waals surface area contributed by atoms with E-state index in [1.54, 1.807) is 7.11 Å². The Labute approximate surface area is 109 Å². The van der Waals surface area contributed by atoms with Crippen molar-refractivity contribution < 1.29 is 9.53 Å². The Bertz CT molecular complexity index is 367. The van der Waals surface area contributed by atoms with E-state index in [-0.39, 0.29) is 5.91 Å². The van der Waals surface area contributed by atoms with Crippen molar-refractivity contribution in [3.63, 3.8) is 0 Å². The van der Waals surface area contributed by atoms with E-state index in [9.17, 15) is 4.79 Å². The lowest BCUT2D eigenvalue weighted by Gasteiger charge is -2.11. The minimum absolute atomic E-state index is 0.0154. The van der Waals surface area contributed by atoms with Crippen LogP contribution in [0.15, 0.2) is 24.3 Å². The maximum Gasteiger partial charge on any atom is 0.239 e. The lowest BCUT2D eigenvalue weighted by molar-refractivity contribution is -0.119. The number of anilines is 1. The Morgan fingerprint density at radius 3 is 2.83 bits per heavy atom. The van der Waals surface area contributed by atoms with E-state index < -0.39 is 0 Å². The molecule has 4 heteroatoms. The molecule has 0 heterocycles. The summed E-state index contributed by atoms with van der Waals surface area (Å²) < 4.78 is 4.87. The molecule has 0 radical (unpaired) electrons. The minimum atomic E-state index is -0.0154. The standard InChI is InChI=1S/C14H22N2O2/c1-3-6-12-7-4-5-8-13(12)16-11-14(17)15-9-10-18-2/h4-5,7-8,16H,3,6,9-11H2,1-2H3,(H,15,17). The normalized spacial score (nSPS) is 10.1. The number of aryl methyl sites for hydroxylation is 1. The summed E-state index contributed by atoms with van der Waals surface area (Å²) in [6.45, 7) is 3.53. The molecule has 4 nitrogen and oxygen atoms in total. The molecule has 0 atom stereocenters. The Hall–Kier alpha value is -1.55. The maximum absolute atomic E-state index is 11.5. The second-order valence-electron chi connectivity index (χ2n) is 4.10. The number of nitrogens with one attached hydrogen (secondary N) is 2. The number of ether oxygens (including phenoxy) is 1. The monoisotopic (exact) mass is 250 g/mol. The molecule has 0 fully saturated rings. The molecule has 0 saturated carbocycles. The first kappa shape index (κ1) is 14.5. The summed E-state index contributed by atoms with van der Waals surface area (Å²) in [7, 11) is 1.62. The number of methoxy groups -OCH3 is 1. The van der Waals surface area contributed by atoms with Crippen molar-refractivity contribution in [2.45, 2.75) is 19.8 Å². The van der Waals surface area contributed by atoms with Gasteiger partial charge in [-0.3, -0.25) is 4.79 Å². The van der Waals surface area contributed by atoms with E-state index in [2.05, 4.69) is 23.6 Å². The first-order chi connectivity index (χ1) is 8.77. The summed E-state index contributed by atoms with van der Waals surface area (Å²) >= 11 is 0. The average molecular weight is 250 g/mol. The number of amides is 1. The number of rotatable bonds is 8. The third-order valence-electron chi connectivity index (χ3n) is 2.60. The lowest BCUT2D eigenvalue weighted by Crippen LogP contribution is -2.32. The van der Waals surface area contributed by atoms with E-state index in [0.29, 0.717) is 19.7 Å². The van der Waals surface area contributed by atoms with Gasteiger partial charge >= 0.3 is 0 Å². The molecule has 0 saturated heterocycles. The molecule has 0 aromatic heterocycles. The molecule has 0 aliphatic carbocycles. The van der Waals surface area contributed by atoms with Crippen LogP contribution in [0.2, 0.25) is 0 Å². The Kier molecular flexibility index (Phi) is 6.87. The van der Waals surface area contributed by atoms with Crippen molar-refractivity contribution in [1.29, 1.82) is 0 Å². The van der Waals surface area contributed by atoms with E-state index in [1.165, 1.54) is 5.56 Å². The summed E-state index contributed by atoms with van der Waals surface area (Å²) in [6.07, 6.45) is 2.12. The van der Waals surface area contributed by atoms with Crippen LogP contribution in [0.5, 0.6) is 0 Å². The van der Waals surface area contributed by atoms with Crippen molar-refractivity contribution in [2.75, 3.05) is 32.1 Å². The Balaban J connectivity index is 2.40. The van der Waals surface area contributed by atoms with Crippen LogP contribution in [0.1, 0.15) is 18.9 Å². The van der Waals surface area contributed by atoms with Gasteiger partial charge in [0.15, 0.2) is 0 Å². The molecule has 0 bridgehead atoms. The number of para-hydroxylation sites is 1. The summed E-state index contributed by atoms with van der Waals surface area (Å²) in [5, 5.41) is 5.95. The van der Waals surface area contributed by atoms with Gasteiger partial charge in [-0.15, -0.1) is 0 Å². The number of benzene rings is 1. The second kappa shape index (κ2) is 8.53. The van der Waals surface area contributed by atoms with Gasteiger partial charge in [0, 0.05) is 19.3 Å².